The third kappa shape index (κ3) is 7.51. The first-order valence-corrected chi connectivity index (χ1v) is 16.8. The Morgan fingerprint density at radius 2 is 1.65 bits per heavy atom. The number of carbonyl (C=O) groups excluding carboxylic acids is 1. The number of ketones is 1. The molecule has 4 aromatic rings. The maximum absolute atomic E-state index is 13.5. The highest BCUT2D eigenvalue weighted by molar-refractivity contribution is 7.92. The summed E-state index contributed by atoms with van der Waals surface area (Å²) in [5, 5.41) is 3.62. The third-order valence-electron chi connectivity index (χ3n) is 7.80. The molecule has 5 rings (SSSR count). The molecule has 3 heterocycles. The molecular weight excluding hydrogens is 604 g/mol. The predicted molar refractivity (Wildman–Crippen MR) is 176 cm³/mol. The van der Waals surface area contributed by atoms with Crippen LogP contribution < -0.4 is 19.5 Å². The molecule has 0 bridgehead atoms. The third-order valence-corrected chi connectivity index (χ3v) is 9.13. The van der Waals surface area contributed by atoms with Gasteiger partial charge in [-0.25, -0.2) is 28.1 Å². The van der Waals surface area contributed by atoms with Crippen LogP contribution >= 0.6 is 0 Å². The summed E-state index contributed by atoms with van der Waals surface area (Å²) in [6, 6.07) is 13.3. The first kappa shape index (κ1) is 33.0. The maximum Gasteiger partial charge on any atom is 0.264 e. The van der Waals surface area contributed by atoms with E-state index in [1.165, 1.54) is 25.1 Å². The number of aromatic nitrogens is 4. The van der Waals surface area contributed by atoms with Gasteiger partial charge in [0.05, 0.1) is 35.1 Å². The van der Waals surface area contributed by atoms with Gasteiger partial charge in [0, 0.05) is 29.7 Å². The van der Waals surface area contributed by atoms with Gasteiger partial charge in [-0.05, 0) is 63.8 Å². The van der Waals surface area contributed by atoms with Crippen molar-refractivity contribution in [2.24, 2.45) is 5.92 Å². The molecule has 0 amide bonds. The Kier molecular flexibility index (Phi) is 9.68. The van der Waals surface area contributed by atoms with E-state index in [1.807, 2.05) is 45.9 Å². The van der Waals surface area contributed by atoms with Crippen molar-refractivity contribution in [3.8, 4) is 22.9 Å². The fraction of sp³-hybridized carbons (Fsp3) is 0.382. The summed E-state index contributed by atoms with van der Waals surface area (Å²) < 4.78 is 41.7. The van der Waals surface area contributed by atoms with E-state index >= 15 is 0 Å². The number of hydrogen-bond donors (Lipinski definition) is 2. The number of anilines is 1. The van der Waals surface area contributed by atoms with E-state index in [2.05, 4.69) is 43.8 Å². The molecule has 1 aliphatic heterocycles. The Balaban J connectivity index is 1.49. The van der Waals surface area contributed by atoms with Crippen molar-refractivity contribution in [2.75, 3.05) is 4.72 Å². The van der Waals surface area contributed by atoms with Gasteiger partial charge in [-0.3, -0.25) is 4.79 Å². The van der Waals surface area contributed by atoms with Crippen LogP contribution in [0.25, 0.3) is 11.3 Å². The fourth-order valence-corrected chi connectivity index (χ4v) is 6.63. The fourth-order valence-electron chi connectivity index (χ4n) is 5.64. The number of benzene rings is 2. The lowest BCUT2D eigenvalue weighted by Crippen LogP contribution is -2.39. The quantitative estimate of drug-likeness (QED) is 0.191. The van der Waals surface area contributed by atoms with Crippen molar-refractivity contribution in [1.29, 1.82) is 0 Å². The molecule has 1 aliphatic rings. The Morgan fingerprint density at radius 1 is 0.978 bits per heavy atom. The molecule has 0 spiro atoms. The van der Waals surface area contributed by atoms with E-state index in [4.69, 9.17) is 9.47 Å². The molecule has 242 valence electrons. The lowest BCUT2D eigenvalue weighted by molar-refractivity contribution is 0.101. The average molecular weight is 645 g/mol. The van der Waals surface area contributed by atoms with Crippen molar-refractivity contribution in [3.63, 3.8) is 0 Å². The Labute approximate surface area is 270 Å². The summed E-state index contributed by atoms with van der Waals surface area (Å²) in [4.78, 5) is 30.1. The van der Waals surface area contributed by atoms with E-state index < -0.39 is 10.0 Å². The van der Waals surface area contributed by atoms with Crippen LogP contribution in [0.1, 0.15) is 74.4 Å². The molecular formula is C34H40N6O5S. The molecule has 0 radical (unpaired) electrons. The van der Waals surface area contributed by atoms with Gasteiger partial charge in [0.2, 0.25) is 11.8 Å². The van der Waals surface area contributed by atoms with Gasteiger partial charge in [0.25, 0.3) is 10.0 Å². The minimum atomic E-state index is -4.13. The Bertz CT molecular complexity index is 1810. The van der Waals surface area contributed by atoms with Crippen molar-refractivity contribution in [1.82, 2.24) is 25.3 Å². The van der Waals surface area contributed by atoms with Crippen molar-refractivity contribution < 1.29 is 22.7 Å². The highest BCUT2D eigenvalue weighted by atomic mass is 32.2. The van der Waals surface area contributed by atoms with Gasteiger partial charge >= 0.3 is 0 Å². The summed E-state index contributed by atoms with van der Waals surface area (Å²) in [6.07, 6.45) is 3.61. The van der Waals surface area contributed by atoms with Crippen LogP contribution in [-0.2, 0) is 10.0 Å². The van der Waals surface area contributed by atoms with Gasteiger partial charge in [-0.15, -0.1) is 0 Å². The SMILES string of the molecule is CC(=O)c1cccc(S(=O)(=O)Nc2nc(OC3CC(c4ncc(OC(C)C)cn4)NC3C(C)C)cc(-c3c(C)cccc3C)n2)c1. The smallest absolute Gasteiger partial charge is 0.264 e. The van der Waals surface area contributed by atoms with Gasteiger partial charge < -0.3 is 14.8 Å². The highest BCUT2D eigenvalue weighted by Crippen LogP contribution is 2.34. The van der Waals surface area contributed by atoms with Crippen LogP contribution in [0, 0.1) is 19.8 Å². The number of hydrogen-bond acceptors (Lipinski definition) is 10. The van der Waals surface area contributed by atoms with Crippen molar-refractivity contribution in [3.05, 3.63) is 83.4 Å². The number of ether oxygens (including phenoxy) is 2. The molecule has 2 N–H and O–H groups in total. The number of nitrogens with zero attached hydrogens (tertiary/aromatic N) is 4. The van der Waals surface area contributed by atoms with Gasteiger partial charge in [-0.1, -0.05) is 44.2 Å². The van der Waals surface area contributed by atoms with Gasteiger partial charge in [0.1, 0.15) is 11.9 Å². The minimum absolute atomic E-state index is 0.0171. The topological polar surface area (TPSA) is 145 Å². The largest absolute Gasteiger partial charge is 0.488 e. The molecule has 2 aromatic heterocycles. The second-order valence-corrected chi connectivity index (χ2v) is 13.9. The highest BCUT2D eigenvalue weighted by Gasteiger charge is 2.39. The van der Waals surface area contributed by atoms with Crippen LogP contribution in [0.4, 0.5) is 5.95 Å². The van der Waals surface area contributed by atoms with E-state index in [0.717, 1.165) is 16.7 Å². The summed E-state index contributed by atoms with van der Waals surface area (Å²) in [6.45, 7) is 13.4. The summed E-state index contributed by atoms with van der Waals surface area (Å²) >= 11 is 0. The zero-order valence-electron chi connectivity index (χ0n) is 27.1. The summed E-state index contributed by atoms with van der Waals surface area (Å²) in [5.74, 6) is 1.28. The summed E-state index contributed by atoms with van der Waals surface area (Å²) in [5.41, 5.74) is 3.60. The lowest BCUT2D eigenvalue weighted by Gasteiger charge is -2.24. The lowest BCUT2D eigenvalue weighted by atomic mass is 9.99. The zero-order valence-corrected chi connectivity index (χ0v) is 27.9. The number of rotatable bonds is 11. The van der Waals surface area contributed by atoms with E-state index in [1.54, 1.807) is 24.5 Å². The zero-order chi connectivity index (χ0) is 33.2. The molecule has 1 saturated heterocycles. The van der Waals surface area contributed by atoms with Crippen LogP contribution in [0.5, 0.6) is 11.6 Å². The van der Waals surface area contributed by atoms with Crippen LogP contribution in [0.15, 0.2) is 65.8 Å². The van der Waals surface area contributed by atoms with E-state index in [0.29, 0.717) is 23.7 Å². The normalized spacial score (nSPS) is 18.2. The second-order valence-electron chi connectivity index (χ2n) is 12.2. The molecule has 3 unspecified atom stereocenters. The molecule has 1 fully saturated rings. The second kappa shape index (κ2) is 13.5. The summed E-state index contributed by atoms with van der Waals surface area (Å²) in [7, 11) is -4.13. The molecule has 12 heteroatoms. The van der Waals surface area contributed by atoms with Crippen molar-refractivity contribution in [2.45, 2.75) is 84.1 Å². The number of carbonyl (C=O) groups is 1. The Morgan fingerprint density at radius 3 is 2.28 bits per heavy atom. The standard InChI is InChI=1S/C34H40N6O5S/c1-19(2)32-29(15-28(37-32)33-35-17-25(18-36-33)44-20(3)4)45-30-16-27(31-21(5)10-8-11-22(31)6)38-34(39-30)40-46(42,43)26-13-9-12-24(14-26)23(7)41/h8-14,16-20,28-29,32,37H,15H2,1-7H3,(H,38,39,40). The van der Waals surface area contributed by atoms with Gasteiger partial charge in [-0.2, -0.15) is 4.98 Å². The molecule has 11 nitrogen and oxygen atoms in total. The van der Waals surface area contributed by atoms with Gasteiger partial charge in [0.15, 0.2) is 11.5 Å². The molecule has 46 heavy (non-hydrogen) atoms. The number of nitrogens with one attached hydrogen (secondary N) is 2. The molecule has 3 atom stereocenters. The van der Waals surface area contributed by atoms with Crippen molar-refractivity contribution >= 4 is 21.8 Å². The van der Waals surface area contributed by atoms with Crippen LogP contribution in [-0.4, -0.2) is 52.4 Å². The Hall–Kier alpha value is -4.42. The van der Waals surface area contributed by atoms with Crippen LogP contribution in [0.3, 0.4) is 0 Å². The number of sulfonamides is 1. The predicted octanol–water partition coefficient (Wildman–Crippen LogP) is 5.85. The van der Waals surface area contributed by atoms with Crippen LogP contribution in [0.2, 0.25) is 0 Å². The first-order chi connectivity index (χ1) is 21.8. The number of aryl methyl sites for hydroxylation is 2. The maximum atomic E-state index is 13.5. The molecule has 0 saturated carbocycles. The monoisotopic (exact) mass is 644 g/mol. The van der Waals surface area contributed by atoms with E-state index in [-0.39, 0.29) is 58.3 Å². The molecule has 0 aliphatic carbocycles. The first-order valence-electron chi connectivity index (χ1n) is 15.3. The number of Topliss-reactive ketones (excluding diaryl/α,β-unsaturated/α-hetero) is 1. The molecule has 2 aromatic carbocycles. The average Bonchev–Trinajstić information content (AvgIpc) is 3.41. The van der Waals surface area contributed by atoms with E-state index in [9.17, 15) is 13.2 Å². The minimum Gasteiger partial charge on any atom is -0.488 e.